The molecule has 0 N–H and O–H groups in total. The van der Waals surface area contributed by atoms with Gasteiger partial charge in [0.25, 0.3) is 0 Å². The molecule has 0 spiro atoms. The van der Waals surface area contributed by atoms with E-state index in [4.69, 9.17) is 0 Å². The van der Waals surface area contributed by atoms with Crippen LogP contribution in [0.5, 0.6) is 0 Å². The Morgan fingerprint density at radius 1 is 1.13 bits per heavy atom. The van der Waals surface area contributed by atoms with Crippen LogP contribution in [0.4, 0.5) is 0 Å². The molecule has 1 aromatic rings. The summed E-state index contributed by atoms with van der Waals surface area (Å²) in [7, 11) is 0. The number of thioether (sulfide) groups is 1. The lowest BCUT2D eigenvalue weighted by Gasteiger charge is -2.25. The van der Waals surface area contributed by atoms with Gasteiger partial charge in [-0.05, 0) is 56.2 Å². The molecule has 0 aliphatic carbocycles. The van der Waals surface area contributed by atoms with Gasteiger partial charge in [0, 0.05) is 23.4 Å². The molecule has 1 aliphatic rings. The number of likely N-dealkylation sites (tertiary alicyclic amines) is 1. The Morgan fingerprint density at radius 2 is 1.78 bits per heavy atom. The van der Waals surface area contributed by atoms with Crippen LogP contribution in [-0.4, -0.2) is 36.1 Å². The number of rotatable bonds is 8. The lowest BCUT2D eigenvalue weighted by molar-refractivity contribution is 0.0958. The number of hydrogen-bond acceptors (Lipinski definition) is 3. The molecule has 0 amide bonds. The van der Waals surface area contributed by atoms with Gasteiger partial charge in [0.2, 0.25) is 0 Å². The smallest absolute Gasteiger partial charge is 0.164 e. The highest BCUT2D eigenvalue weighted by Gasteiger charge is 2.12. The molecule has 2 rings (SSSR count). The number of ketones is 1. The van der Waals surface area contributed by atoms with Crippen molar-refractivity contribution in [1.82, 2.24) is 4.90 Å². The average Bonchev–Trinajstić information content (AvgIpc) is 2.54. The number of Topliss-reactive ketones (excluding diaryl/α,β-unsaturated/α-hetero) is 1. The van der Waals surface area contributed by atoms with Crippen LogP contribution in [0.15, 0.2) is 29.2 Å². The number of halogens is 1. The number of piperidine rings is 1. The molecule has 0 bridgehead atoms. The summed E-state index contributed by atoms with van der Waals surface area (Å²) in [4.78, 5) is 16.0. The fraction of sp³-hybridized carbons (Fsp3) is 0.632. The Kier molecular flexibility index (Phi) is 9.92. The maximum atomic E-state index is 12.3. The molecule has 0 saturated carbocycles. The zero-order valence-electron chi connectivity index (χ0n) is 14.4. The van der Waals surface area contributed by atoms with E-state index in [2.05, 4.69) is 30.9 Å². The predicted molar refractivity (Wildman–Crippen MR) is 103 cm³/mol. The summed E-state index contributed by atoms with van der Waals surface area (Å²) in [5, 5.41) is 0. The van der Waals surface area contributed by atoms with E-state index >= 15 is 0 Å². The molecule has 23 heavy (non-hydrogen) atoms. The van der Waals surface area contributed by atoms with Crippen LogP contribution < -0.4 is 0 Å². The van der Waals surface area contributed by atoms with Crippen molar-refractivity contribution >= 4 is 30.0 Å². The molecule has 4 heteroatoms. The van der Waals surface area contributed by atoms with E-state index in [0.29, 0.717) is 6.42 Å². The number of nitrogens with zero attached hydrogens (tertiary/aromatic N) is 1. The van der Waals surface area contributed by atoms with Crippen molar-refractivity contribution in [2.24, 2.45) is 5.92 Å². The molecule has 0 radical (unpaired) electrons. The minimum absolute atomic E-state index is 0. The number of hydrogen-bond donors (Lipinski definition) is 0. The highest BCUT2D eigenvalue weighted by molar-refractivity contribution is 7.99. The molecule has 2 nitrogen and oxygen atoms in total. The van der Waals surface area contributed by atoms with E-state index in [1.165, 1.54) is 43.7 Å². The third kappa shape index (κ3) is 7.73. The van der Waals surface area contributed by atoms with Crippen molar-refractivity contribution < 1.29 is 4.79 Å². The van der Waals surface area contributed by atoms with Crippen molar-refractivity contribution in [1.29, 1.82) is 0 Å². The molecule has 1 saturated heterocycles. The quantitative estimate of drug-likeness (QED) is 0.466. The van der Waals surface area contributed by atoms with Crippen LogP contribution in [0.3, 0.4) is 0 Å². The van der Waals surface area contributed by atoms with E-state index < -0.39 is 0 Å². The largest absolute Gasteiger partial charge is 0.303 e. The Bertz CT molecular complexity index is 455. The van der Waals surface area contributed by atoms with Gasteiger partial charge in [-0.1, -0.05) is 32.4 Å². The van der Waals surface area contributed by atoms with Crippen molar-refractivity contribution in [2.75, 3.05) is 25.4 Å². The minimum Gasteiger partial charge on any atom is -0.303 e. The van der Waals surface area contributed by atoms with E-state index in [9.17, 15) is 4.79 Å². The topological polar surface area (TPSA) is 20.3 Å². The van der Waals surface area contributed by atoms with Crippen LogP contribution in [0.25, 0.3) is 0 Å². The Morgan fingerprint density at radius 3 is 2.39 bits per heavy atom. The third-order valence-electron chi connectivity index (χ3n) is 4.24. The highest BCUT2D eigenvalue weighted by Crippen LogP contribution is 2.21. The lowest BCUT2D eigenvalue weighted by Crippen LogP contribution is -2.31. The summed E-state index contributed by atoms with van der Waals surface area (Å²) in [5.74, 6) is 2.19. The van der Waals surface area contributed by atoms with Crippen LogP contribution in [0, 0.1) is 5.92 Å². The molecule has 130 valence electrons. The summed E-state index contributed by atoms with van der Waals surface area (Å²) in [6.07, 6.45) is 5.81. The van der Waals surface area contributed by atoms with Gasteiger partial charge in [-0.15, -0.1) is 24.2 Å². The molecule has 0 aromatic heterocycles. The van der Waals surface area contributed by atoms with Crippen molar-refractivity contribution in [3.05, 3.63) is 29.8 Å². The number of carbonyl (C=O) groups is 1. The van der Waals surface area contributed by atoms with Crippen molar-refractivity contribution in [2.45, 2.75) is 50.8 Å². The van der Waals surface area contributed by atoms with Gasteiger partial charge in [-0.25, -0.2) is 0 Å². The summed E-state index contributed by atoms with van der Waals surface area (Å²) < 4.78 is 0. The molecular formula is C19H30ClNOS. The third-order valence-corrected chi connectivity index (χ3v) is 5.29. The summed E-state index contributed by atoms with van der Waals surface area (Å²) in [6.45, 7) is 7.76. The fourth-order valence-electron chi connectivity index (χ4n) is 2.74. The second kappa shape index (κ2) is 11.1. The zero-order valence-corrected chi connectivity index (χ0v) is 16.1. The maximum Gasteiger partial charge on any atom is 0.164 e. The van der Waals surface area contributed by atoms with E-state index in [1.54, 1.807) is 0 Å². The molecule has 1 aromatic carbocycles. The fourth-order valence-corrected chi connectivity index (χ4v) is 3.89. The second-order valence-electron chi connectivity index (χ2n) is 6.63. The molecule has 1 fully saturated rings. The normalized spacial score (nSPS) is 15.4. The van der Waals surface area contributed by atoms with E-state index in [0.717, 1.165) is 23.8 Å². The van der Waals surface area contributed by atoms with Gasteiger partial charge in [0.1, 0.15) is 0 Å². The van der Waals surface area contributed by atoms with Gasteiger partial charge in [-0.2, -0.15) is 0 Å². The highest BCUT2D eigenvalue weighted by atomic mass is 35.5. The number of carbonyl (C=O) groups excluding carboxylic acids is 1. The van der Waals surface area contributed by atoms with Gasteiger partial charge in [-0.3, -0.25) is 4.79 Å². The molecular weight excluding hydrogens is 326 g/mol. The molecule has 0 atom stereocenters. The van der Waals surface area contributed by atoms with Gasteiger partial charge in [0.05, 0.1) is 0 Å². The van der Waals surface area contributed by atoms with E-state index in [1.807, 2.05) is 23.9 Å². The van der Waals surface area contributed by atoms with Gasteiger partial charge >= 0.3 is 0 Å². The van der Waals surface area contributed by atoms with Gasteiger partial charge < -0.3 is 4.90 Å². The SMILES string of the molecule is CC(C)CCSc1ccc(C(=O)CCN2CCCCC2)cc1.Cl. The standard InChI is InChI=1S/C19H29NOS.ClH/c1-16(2)11-15-22-18-8-6-17(7-9-18)19(21)10-14-20-12-4-3-5-13-20;/h6-9,16H,3-5,10-15H2,1-2H3;1H. The zero-order chi connectivity index (χ0) is 15.8. The first-order chi connectivity index (χ1) is 10.6. The lowest BCUT2D eigenvalue weighted by atomic mass is 10.1. The van der Waals surface area contributed by atoms with E-state index in [-0.39, 0.29) is 18.2 Å². The molecule has 0 unspecified atom stereocenters. The monoisotopic (exact) mass is 355 g/mol. The maximum absolute atomic E-state index is 12.3. The average molecular weight is 356 g/mol. The van der Waals surface area contributed by atoms with Crippen LogP contribution in [-0.2, 0) is 0 Å². The minimum atomic E-state index is 0. The van der Waals surface area contributed by atoms with Crippen molar-refractivity contribution in [3.63, 3.8) is 0 Å². The summed E-state index contributed by atoms with van der Waals surface area (Å²) >= 11 is 1.89. The summed E-state index contributed by atoms with van der Waals surface area (Å²) in [5.41, 5.74) is 0.866. The first kappa shape index (κ1) is 20.5. The summed E-state index contributed by atoms with van der Waals surface area (Å²) in [6, 6.07) is 8.19. The Hall–Kier alpha value is -0.510. The number of benzene rings is 1. The predicted octanol–water partition coefficient (Wildman–Crippen LogP) is 5.31. The van der Waals surface area contributed by atoms with Crippen LogP contribution >= 0.6 is 24.2 Å². The first-order valence-electron chi connectivity index (χ1n) is 8.63. The molecule has 1 aliphatic heterocycles. The van der Waals surface area contributed by atoms with Crippen molar-refractivity contribution in [3.8, 4) is 0 Å². The second-order valence-corrected chi connectivity index (χ2v) is 7.80. The van der Waals surface area contributed by atoms with Crippen LogP contribution in [0.2, 0.25) is 0 Å². The van der Waals surface area contributed by atoms with Gasteiger partial charge in [0.15, 0.2) is 5.78 Å². The first-order valence-corrected chi connectivity index (χ1v) is 9.62. The Labute approximate surface area is 151 Å². The van der Waals surface area contributed by atoms with Crippen LogP contribution in [0.1, 0.15) is 56.3 Å². The Balaban J connectivity index is 0.00000264. The molecule has 1 heterocycles.